The third kappa shape index (κ3) is 8.07. The Hall–Kier alpha value is -2.12. The number of hydrogen-bond donors (Lipinski definition) is 5. The molecule has 1 aliphatic carbocycles. The number of aliphatic hydroxyl groups is 3. The normalized spacial score (nSPS) is 35.7. The SMILES string of the molecule is C=C1C[C@](O)(C(O)C(=O)NC2OCO[C@@H]3CC4(CC4)C(CC(O)CCCCC/C=C/C=C/C(=O)O)O[C@H]23)O[C@H](C)[C@@H]1C. The van der Waals surface area contributed by atoms with E-state index in [1.165, 1.54) is 6.08 Å². The maximum atomic E-state index is 13.1. The molecule has 1 spiro atoms. The zero-order valence-electron chi connectivity index (χ0n) is 24.7. The van der Waals surface area contributed by atoms with Crippen molar-refractivity contribution < 1.29 is 49.0 Å². The fraction of sp³-hybridized carbons (Fsp3) is 0.742. The molecule has 1 saturated carbocycles. The molecule has 4 unspecified atom stereocenters. The molecule has 1 amide bonds. The molecule has 4 fully saturated rings. The average Bonchev–Trinajstić information content (AvgIpc) is 3.70. The number of aliphatic carboxylic acids is 1. The van der Waals surface area contributed by atoms with Crippen LogP contribution in [0.3, 0.4) is 0 Å². The molecule has 4 aliphatic rings. The van der Waals surface area contributed by atoms with Crippen molar-refractivity contribution in [3.8, 4) is 0 Å². The van der Waals surface area contributed by atoms with Crippen molar-refractivity contribution >= 4 is 11.9 Å². The van der Waals surface area contributed by atoms with Crippen LogP contribution in [0.15, 0.2) is 36.5 Å². The highest BCUT2D eigenvalue weighted by molar-refractivity contribution is 5.82. The van der Waals surface area contributed by atoms with Gasteiger partial charge in [0.15, 0.2) is 12.3 Å². The minimum Gasteiger partial charge on any atom is -0.478 e. The average molecular weight is 594 g/mol. The number of aliphatic hydroxyl groups excluding tert-OH is 2. The molecule has 3 aliphatic heterocycles. The molecule has 5 N–H and O–H groups in total. The van der Waals surface area contributed by atoms with Crippen LogP contribution in [0.25, 0.3) is 0 Å². The Bertz CT molecular complexity index is 1030. The van der Waals surface area contributed by atoms with Crippen LogP contribution in [0, 0.1) is 11.3 Å². The van der Waals surface area contributed by atoms with Crippen molar-refractivity contribution in [3.05, 3.63) is 36.5 Å². The second kappa shape index (κ2) is 14.1. The summed E-state index contributed by atoms with van der Waals surface area (Å²) < 4.78 is 23.7. The van der Waals surface area contributed by atoms with E-state index < -0.39 is 48.3 Å². The quantitative estimate of drug-likeness (QED) is 0.0928. The summed E-state index contributed by atoms with van der Waals surface area (Å²) in [6.45, 7) is 7.61. The fourth-order valence-electron chi connectivity index (χ4n) is 6.27. The van der Waals surface area contributed by atoms with Crippen molar-refractivity contribution in [2.24, 2.45) is 11.3 Å². The lowest BCUT2D eigenvalue weighted by Gasteiger charge is -2.48. The Balaban J connectivity index is 1.27. The lowest BCUT2D eigenvalue weighted by Crippen LogP contribution is -2.64. The Morgan fingerprint density at radius 3 is 2.60 bits per heavy atom. The van der Waals surface area contributed by atoms with Crippen molar-refractivity contribution in [1.82, 2.24) is 5.32 Å². The van der Waals surface area contributed by atoms with Gasteiger partial charge in [-0.3, -0.25) is 4.79 Å². The van der Waals surface area contributed by atoms with Crippen molar-refractivity contribution in [3.63, 3.8) is 0 Å². The summed E-state index contributed by atoms with van der Waals surface area (Å²) in [5, 5.41) is 43.9. The number of carboxylic acids is 1. The zero-order valence-corrected chi connectivity index (χ0v) is 24.7. The smallest absolute Gasteiger partial charge is 0.328 e. The largest absolute Gasteiger partial charge is 0.478 e. The van der Waals surface area contributed by atoms with Crippen LogP contribution in [-0.2, 0) is 28.5 Å². The summed E-state index contributed by atoms with van der Waals surface area (Å²) in [7, 11) is 0. The van der Waals surface area contributed by atoms with Gasteiger partial charge in [-0.05, 0) is 50.9 Å². The lowest BCUT2D eigenvalue weighted by atomic mass is 9.82. The van der Waals surface area contributed by atoms with Crippen molar-refractivity contribution in [2.75, 3.05) is 6.79 Å². The molecule has 0 aromatic rings. The van der Waals surface area contributed by atoms with Gasteiger partial charge in [-0.15, -0.1) is 0 Å². The van der Waals surface area contributed by atoms with E-state index in [0.29, 0.717) is 18.4 Å². The second-order valence-electron chi connectivity index (χ2n) is 12.4. The maximum absolute atomic E-state index is 13.1. The van der Waals surface area contributed by atoms with Gasteiger partial charge in [-0.2, -0.15) is 0 Å². The van der Waals surface area contributed by atoms with Crippen molar-refractivity contribution in [2.45, 2.75) is 127 Å². The molecular formula is C31H47NO10. The molecule has 236 valence electrons. The lowest BCUT2D eigenvalue weighted by molar-refractivity contribution is -0.298. The first-order chi connectivity index (χ1) is 19.9. The van der Waals surface area contributed by atoms with Crippen LogP contribution in [0.5, 0.6) is 0 Å². The zero-order chi connectivity index (χ0) is 30.5. The number of carboxylic acid groups (broad SMARTS) is 1. The van der Waals surface area contributed by atoms with Gasteiger partial charge in [0.25, 0.3) is 5.91 Å². The number of ether oxygens (including phenoxy) is 4. The molecular weight excluding hydrogens is 546 g/mol. The number of amides is 1. The molecule has 0 bridgehead atoms. The molecule has 11 nitrogen and oxygen atoms in total. The first-order valence-electron chi connectivity index (χ1n) is 15.1. The van der Waals surface area contributed by atoms with Gasteiger partial charge < -0.3 is 44.7 Å². The number of allylic oxidation sites excluding steroid dienone is 3. The van der Waals surface area contributed by atoms with Crippen LogP contribution in [0.4, 0.5) is 0 Å². The Labute approximate surface area is 247 Å². The van der Waals surface area contributed by atoms with E-state index in [2.05, 4.69) is 11.9 Å². The molecule has 9 atom stereocenters. The molecule has 3 heterocycles. The molecule has 11 heteroatoms. The first-order valence-corrected chi connectivity index (χ1v) is 15.1. The number of fused-ring (bicyclic) bond motifs is 1. The van der Waals surface area contributed by atoms with Gasteiger partial charge in [-0.25, -0.2) is 4.79 Å². The molecule has 0 radical (unpaired) electrons. The van der Waals surface area contributed by atoms with Crippen LogP contribution in [0.1, 0.15) is 78.1 Å². The molecule has 0 aromatic carbocycles. The van der Waals surface area contributed by atoms with E-state index in [1.807, 2.05) is 13.0 Å². The first kappa shape index (κ1) is 32.8. The maximum Gasteiger partial charge on any atom is 0.328 e. The Kier molecular flexibility index (Phi) is 11.0. The summed E-state index contributed by atoms with van der Waals surface area (Å²) in [5.74, 6) is -3.92. The number of unbranched alkanes of at least 4 members (excludes halogenated alkanes) is 3. The third-order valence-electron chi connectivity index (χ3n) is 9.26. The van der Waals surface area contributed by atoms with Crippen LogP contribution >= 0.6 is 0 Å². The van der Waals surface area contributed by atoms with E-state index in [4.69, 9.17) is 24.1 Å². The predicted molar refractivity (Wildman–Crippen MR) is 152 cm³/mol. The fourth-order valence-corrected chi connectivity index (χ4v) is 6.27. The van der Waals surface area contributed by atoms with Crippen molar-refractivity contribution in [1.29, 1.82) is 0 Å². The number of carbonyl (C=O) groups is 2. The monoisotopic (exact) mass is 593 g/mol. The van der Waals surface area contributed by atoms with Crippen LogP contribution in [-0.4, -0.2) is 87.7 Å². The van der Waals surface area contributed by atoms with Crippen LogP contribution in [0.2, 0.25) is 0 Å². The van der Waals surface area contributed by atoms with Gasteiger partial charge in [-0.1, -0.05) is 50.1 Å². The Morgan fingerprint density at radius 1 is 1.14 bits per heavy atom. The summed E-state index contributed by atoms with van der Waals surface area (Å²) in [5.41, 5.74) is 0.639. The minimum atomic E-state index is -2.09. The molecule has 3 saturated heterocycles. The summed E-state index contributed by atoms with van der Waals surface area (Å²) >= 11 is 0. The van der Waals surface area contributed by atoms with E-state index in [0.717, 1.165) is 51.0 Å². The second-order valence-corrected chi connectivity index (χ2v) is 12.4. The number of hydrogen-bond acceptors (Lipinski definition) is 9. The Morgan fingerprint density at radius 2 is 1.90 bits per heavy atom. The van der Waals surface area contributed by atoms with Gasteiger partial charge in [0.05, 0.1) is 24.4 Å². The number of rotatable bonds is 13. The third-order valence-corrected chi connectivity index (χ3v) is 9.26. The van der Waals surface area contributed by atoms with Gasteiger partial charge >= 0.3 is 5.97 Å². The predicted octanol–water partition coefficient (Wildman–Crippen LogP) is 2.69. The molecule has 0 aromatic heterocycles. The number of nitrogens with one attached hydrogen (secondary N) is 1. The minimum absolute atomic E-state index is 0.0190. The molecule has 4 rings (SSSR count). The number of carbonyl (C=O) groups excluding carboxylic acids is 1. The van der Waals surface area contributed by atoms with E-state index >= 15 is 0 Å². The van der Waals surface area contributed by atoms with E-state index in [9.17, 15) is 24.9 Å². The van der Waals surface area contributed by atoms with E-state index in [1.54, 1.807) is 13.0 Å². The van der Waals surface area contributed by atoms with Gasteiger partial charge in [0.2, 0.25) is 5.79 Å². The standard InChI is InChI=1S/C31H47NO10/c1-19-16-31(38,42-21(3)20(19)2)27(36)28(37)32-29-26-23(39-18-40-29)17-30(13-14-30)24(41-26)15-22(33)11-9-7-5-4-6-8-10-12-25(34)35/h6,8,10,12,20-24,26-27,29,33,36,38H,1,4-5,7,9,11,13-18H2,2-3H3,(H,32,37)(H,34,35)/b8-6+,12-10+/t20-,21-,22?,23-,24?,26+,27?,29?,31-/m1/s1. The summed E-state index contributed by atoms with van der Waals surface area (Å²) in [6, 6.07) is 0. The van der Waals surface area contributed by atoms with Gasteiger partial charge in [0, 0.05) is 24.8 Å². The van der Waals surface area contributed by atoms with Gasteiger partial charge in [0.1, 0.15) is 12.9 Å². The topological polar surface area (TPSA) is 164 Å². The summed E-state index contributed by atoms with van der Waals surface area (Å²) in [4.78, 5) is 23.5. The van der Waals surface area contributed by atoms with Crippen LogP contribution < -0.4 is 5.32 Å². The van der Waals surface area contributed by atoms with E-state index in [-0.39, 0.29) is 36.8 Å². The highest BCUT2D eigenvalue weighted by Gasteiger charge is 2.59. The summed E-state index contributed by atoms with van der Waals surface area (Å²) in [6.07, 6.45) is 8.76. The highest BCUT2D eigenvalue weighted by Crippen LogP contribution is 2.58. The highest BCUT2D eigenvalue weighted by atomic mass is 16.7. The molecule has 42 heavy (non-hydrogen) atoms.